The molecular weight excluding hydrogens is 661 g/mol. The molecular formula is C45H28N4S2. The summed E-state index contributed by atoms with van der Waals surface area (Å²) in [5.41, 5.74) is 6.87. The van der Waals surface area contributed by atoms with Gasteiger partial charge in [0.05, 0.1) is 16.7 Å². The first-order chi connectivity index (χ1) is 25.3. The van der Waals surface area contributed by atoms with Gasteiger partial charge in [0.25, 0.3) is 0 Å². The Hall–Kier alpha value is -6.08. The molecule has 240 valence electrons. The van der Waals surface area contributed by atoms with Crippen LogP contribution in [-0.4, -0.2) is 16.2 Å². The lowest BCUT2D eigenvalue weighted by Gasteiger charge is -2.24. The summed E-state index contributed by atoms with van der Waals surface area (Å²) in [5, 5.41) is 11.2. The fraction of sp³-hybridized carbons (Fsp3) is 0.0222. The molecule has 1 atom stereocenters. The summed E-state index contributed by atoms with van der Waals surface area (Å²) in [5.74, 6) is 1.58. The number of thiophene rings is 2. The van der Waals surface area contributed by atoms with Crippen LogP contribution in [0.4, 0.5) is 0 Å². The molecule has 11 rings (SSSR count). The minimum atomic E-state index is -0.248. The summed E-state index contributed by atoms with van der Waals surface area (Å²) in [4.78, 5) is 10.4. The van der Waals surface area contributed by atoms with Gasteiger partial charge in [0.2, 0.25) is 0 Å². The number of nitrogens with zero attached hydrogens (tertiary/aromatic N) is 3. The van der Waals surface area contributed by atoms with Gasteiger partial charge in [-0.05, 0) is 48.0 Å². The van der Waals surface area contributed by atoms with Crippen molar-refractivity contribution in [3.8, 4) is 5.69 Å². The maximum atomic E-state index is 5.24. The maximum absolute atomic E-state index is 5.24. The van der Waals surface area contributed by atoms with Crippen LogP contribution in [0.5, 0.6) is 0 Å². The van der Waals surface area contributed by atoms with Gasteiger partial charge in [-0.2, -0.15) is 0 Å². The molecule has 4 nitrogen and oxygen atoms in total. The first-order valence-corrected chi connectivity index (χ1v) is 18.7. The molecule has 10 aromatic rings. The molecule has 1 aliphatic rings. The highest BCUT2D eigenvalue weighted by molar-refractivity contribution is 7.27. The van der Waals surface area contributed by atoms with E-state index in [0.29, 0.717) is 0 Å². The predicted octanol–water partition coefficient (Wildman–Crippen LogP) is 12.0. The molecule has 0 saturated carbocycles. The highest BCUT2D eigenvalue weighted by Gasteiger charge is 2.24. The second-order valence-electron chi connectivity index (χ2n) is 13.0. The van der Waals surface area contributed by atoms with E-state index in [1.54, 1.807) is 0 Å². The quantitative estimate of drug-likeness (QED) is 0.196. The van der Waals surface area contributed by atoms with Crippen LogP contribution in [0.3, 0.4) is 0 Å². The largest absolute Gasteiger partial charge is 0.344 e. The Morgan fingerprint density at radius 1 is 0.510 bits per heavy atom. The Morgan fingerprint density at radius 2 is 1.10 bits per heavy atom. The van der Waals surface area contributed by atoms with E-state index < -0.39 is 0 Å². The summed E-state index contributed by atoms with van der Waals surface area (Å²) in [6.07, 6.45) is -0.248. The van der Waals surface area contributed by atoms with Crippen LogP contribution in [0.2, 0.25) is 0 Å². The highest BCUT2D eigenvalue weighted by Crippen LogP contribution is 2.45. The number of hydrogen-bond donors (Lipinski definition) is 1. The van der Waals surface area contributed by atoms with Gasteiger partial charge in [0.15, 0.2) is 5.84 Å². The van der Waals surface area contributed by atoms with E-state index in [9.17, 15) is 0 Å². The molecule has 0 bridgehead atoms. The van der Waals surface area contributed by atoms with Crippen molar-refractivity contribution in [1.29, 1.82) is 0 Å². The second-order valence-corrected chi connectivity index (χ2v) is 15.2. The Labute approximate surface area is 301 Å². The summed E-state index contributed by atoms with van der Waals surface area (Å²) in [6, 6.07) is 56.4. The van der Waals surface area contributed by atoms with Crippen LogP contribution in [-0.2, 0) is 0 Å². The number of hydrogen-bond acceptors (Lipinski definition) is 5. The number of rotatable bonds is 4. The van der Waals surface area contributed by atoms with Crippen LogP contribution in [0.15, 0.2) is 168 Å². The third-order valence-corrected chi connectivity index (χ3v) is 12.3. The van der Waals surface area contributed by atoms with E-state index in [2.05, 4.69) is 155 Å². The van der Waals surface area contributed by atoms with Crippen molar-refractivity contribution in [2.75, 3.05) is 0 Å². The molecule has 0 spiro atoms. The average Bonchev–Trinajstić information content (AvgIpc) is 3.86. The number of amidine groups is 2. The van der Waals surface area contributed by atoms with Crippen molar-refractivity contribution in [3.63, 3.8) is 0 Å². The smallest absolute Gasteiger partial charge is 0.160 e. The Bertz CT molecular complexity index is 3000. The third kappa shape index (κ3) is 4.43. The standard InChI is InChI=1S/C45H28N4S2/c1-3-13-27(14-4-1)43-46-44(28-15-5-2-6-16-28)48-45(47-43)31-19-11-23-37-41(31)32-25-40-33(26-39(32)50-37)42-36(22-12-24-38(42)51-40)49-34-20-9-7-17-29(34)30-18-8-10-21-35(30)49/h1-26,43H,(H,46,47,48). The van der Waals surface area contributed by atoms with E-state index in [1.165, 1.54) is 67.8 Å². The zero-order chi connectivity index (χ0) is 33.5. The summed E-state index contributed by atoms with van der Waals surface area (Å²) in [7, 11) is 0. The first kappa shape index (κ1) is 28.7. The molecule has 0 saturated heterocycles. The number of aromatic nitrogens is 1. The summed E-state index contributed by atoms with van der Waals surface area (Å²) < 4.78 is 7.52. The normalized spacial score (nSPS) is 14.9. The van der Waals surface area contributed by atoms with E-state index in [1.807, 2.05) is 34.8 Å². The molecule has 0 amide bonds. The van der Waals surface area contributed by atoms with Crippen molar-refractivity contribution in [1.82, 2.24) is 9.88 Å². The van der Waals surface area contributed by atoms with Gasteiger partial charge in [-0.3, -0.25) is 0 Å². The van der Waals surface area contributed by atoms with Crippen molar-refractivity contribution >= 4 is 96.5 Å². The third-order valence-electron chi connectivity index (χ3n) is 10.1. The summed E-state index contributed by atoms with van der Waals surface area (Å²) >= 11 is 3.72. The Morgan fingerprint density at radius 3 is 1.80 bits per heavy atom. The fourth-order valence-corrected chi connectivity index (χ4v) is 10.1. The molecule has 0 fully saturated rings. The van der Waals surface area contributed by atoms with Gasteiger partial charge in [-0.15, -0.1) is 22.7 Å². The Kier molecular flexibility index (Phi) is 6.32. The first-order valence-electron chi connectivity index (χ1n) is 17.1. The average molecular weight is 689 g/mol. The maximum Gasteiger partial charge on any atom is 0.160 e. The number of benzene rings is 7. The van der Waals surface area contributed by atoms with Crippen molar-refractivity contribution in [3.05, 3.63) is 174 Å². The summed E-state index contributed by atoms with van der Waals surface area (Å²) in [6.45, 7) is 0. The van der Waals surface area contributed by atoms with Crippen molar-refractivity contribution in [2.24, 2.45) is 9.98 Å². The van der Waals surface area contributed by atoms with E-state index in [0.717, 1.165) is 28.4 Å². The monoisotopic (exact) mass is 688 g/mol. The van der Waals surface area contributed by atoms with E-state index in [-0.39, 0.29) is 6.17 Å². The molecule has 7 aromatic carbocycles. The van der Waals surface area contributed by atoms with Gasteiger partial charge in [-0.1, -0.05) is 115 Å². The number of fused-ring (bicyclic) bond motifs is 9. The lowest BCUT2D eigenvalue weighted by molar-refractivity contribution is 0.674. The van der Waals surface area contributed by atoms with Gasteiger partial charge in [0, 0.05) is 62.2 Å². The van der Waals surface area contributed by atoms with Gasteiger partial charge in [0.1, 0.15) is 12.0 Å². The number of nitrogens with one attached hydrogen (secondary N) is 1. The molecule has 1 unspecified atom stereocenters. The van der Waals surface area contributed by atoms with Crippen LogP contribution in [0, 0.1) is 0 Å². The lowest BCUT2D eigenvalue weighted by atomic mass is 10.0. The molecule has 1 N–H and O–H groups in total. The van der Waals surface area contributed by atoms with Crippen LogP contribution >= 0.6 is 22.7 Å². The molecule has 0 radical (unpaired) electrons. The second kappa shape index (κ2) is 11.2. The van der Waals surface area contributed by atoms with Crippen LogP contribution < -0.4 is 5.32 Å². The van der Waals surface area contributed by atoms with Crippen LogP contribution in [0.1, 0.15) is 22.9 Å². The minimum Gasteiger partial charge on any atom is -0.344 e. The number of para-hydroxylation sites is 2. The zero-order valence-electron chi connectivity index (χ0n) is 27.2. The van der Waals surface area contributed by atoms with Gasteiger partial charge < -0.3 is 9.88 Å². The van der Waals surface area contributed by atoms with E-state index >= 15 is 0 Å². The van der Waals surface area contributed by atoms with Crippen molar-refractivity contribution in [2.45, 2.75) is 6.17 Å². The molecule has 51 heavy (non-hydrogen) atoms. The number of aliphatic imine (C=N–C) groups is 2. The SMILES string of the molecule is c1ccc(C2=NC(c3cccc4sc5cc6c(cc5c34)sc3cccc(-n4c5ccccc5c5ccccc54)c36)=NC(c3ccccc3)N2)cc1. The highest BCUT2D eigenvalue weighted by atomic mass is 32.1. The molecule has 1 aliphatic heterocycles. The van der Waals surface area contributed by atoms with Crippen LogP contribution in [0.25, 0.3) is 67.8 Å². The van der Waals surface area contributed by atoms with Crippen molar-refractivity contribution < 1.29 is 0 Å². The molecule has 0 aliphatic carbocycles. The lowest BCUT2D eigenvalue weighted by Crippen LogP contribution is -2.33. The topological polar surface area (TPSA) is 41.7 Å². The van der Waals surface area contributed by atoms with Gasteiger partial charge in [-0.25, -0.2) is 9.98 Å². The minimum absolute atomic E-state index is 0.248. The predicted molar refractivity (Wildman–Crippen MR) is 218 cm³/mol. The molecule has 6 heteroatoms. The molecule has 4 heterocycles. The fourth-order valence-electron chi connectivity index (χ4n) is 7.80. The van der Waals surface area contributed by atoms with Gasteiger partial charge >= 0.3 is 0 Å². The molecule has 3 aromatic heterocycles. The zero-order valence-corrected chi connectivity index (χ0v) is 28.9. The van der Waals surface area contributed by atoms with E-state index in [4.69, 9.17) is 9.98 Å². The Balaban J connectivity index is 1.14.